The molecule has 1 aliphatic carbocycles. The summed E-state index contributed by atoms with van der Waals surface area (Å²) in [5.74, 6) is -0.210. The fourth-order valence-electron chi connectivity index (χ4n) is 3.31. The van der Waals surface area contributed by atoms with Crippen LogP contribution in [0, 0.1) is 0 Å². The van der Waals surface area contributed by atoms with Crippen molar-refractivity contribution in [2.45, 2.75) is 36.6 Å². The number of rotatable bonds is 3. The minimum absolute atomic E-state index is 0.119. The lowest BCUT2D eigenvalue weighted by atomic mass is 9.86. The Balaban J connectivity index is 1.85. The molecular weight excluding hydrogens is 371 g/mol. The molecule has 7 heteroatoms. The molecule has 0 saturated heterocycles. The van der Waals surface area contributed by atoms with E-state index in [9.17, 15) is 9.59 Å². The summed E-state index contributed by atoms with van der Waals surface area (Å²) in [4.78, 5) is 22.9. The summed E-state index contributed by atoms with van der Waals surface area (Å²) >= 11 is 18.5. The van der Waals surface area contributed by atoms with Gasteiger partial charge in [-0.2, -0.15) is 0 Å². The highest BCUT2D eigenvalue weighted by molar-refractivity contribution is 6.45. The minimum atomic E-state index is -0.869. The molecule has 2 unspecified atom stereocenters. The second kappa shape index (κ2) is 6.58. The van der Waals surface area contributed by atoms with E-state index in [4.69, 9.17) is 34.8 Å². The molecule has 0 radical (unpaired) electrons. The van der Waals surface area contributed by atoms with Crippen LogP contribution in [0.15, 0.2) is 18.2 Å². The van der Waals surface area contributed by atoms with Gasteiger partial charge < -0.3 is 14.7 Å². The first-order valence-corrected chi connectivity index (χ1v) is 8.87. The topological polar surface area (TPSA) is 51.1 Å². The van der Waals surface area contributed by atoms with E-state index in [0.29, 0.717) is 28.6 Å². The Labute approximate surface area is 155 Å². The Hall–Kier alpha value is -1.23. The van der Waals surface area contributed by atoms with Crippen molar-refractivity contribution in [3.63, 3.8) is 0 Å². The normalized spacial score (nSPS) is 24.1. The molecule has 0 aliphatic heterocycles. The van der Waals surface area contributed by atoms with Gasteiger partial charge in [-0.05, 0) is 43.9 Å². The molecule has 1 aliphatic rings. The lowest BCUT2D eigenvalue weighted by Crippen LogP contribution is -2.44. The van der Waals surface area contributed by atoms with Crippen molar-refractivity contribution in [3.8, 4) is 0 Å². The van der Waals surface area contributed by atoms with Crippen LogP contribution in [0.1, 0.15) is 36.2 Å². The Morgan fingerprint density at radius 1 is 1.42 bits per heavy atom. The number of nitrogens with one attached hydrogen (secondary N) is 1. The van der Waals surface area contributed by atoms with E-state index < -0.39 is 4.87 Å². The van der Waals surface area contributed by atoms with E-state index >= 15 is 0 Å². The maximum absolute atomic E-state index is 12.7. The molecule has 128 valence electrons. The second-order valence-electron chi connectivity index (χ2n) is 6.30. The van der Waals surface area contributed by atoms with Crippen LogP contribution in [0.4, 0.5) is 0 Å². The lowest BCUT2D eigenvalue weighted by molar-refractivity contribution is -0.110. The van der Waals surface area contributed by atoms with Gasteiger partial charge in [0.2, 0.25) is 0 Å². The van der Waals surface area contributed by atoms with E-state index in [0.717, 1.165) is 30.0 Å². The molecule has 3 rings (SSSR count). The number of aldehydes is 1. The van der Waals surface area contributed by atoms with Gasteiger partial charge in [-0.1, -0.05) is 23.2 Å². The maximum Gasteiger partial charge on any atom is 0.268 e. The largest absolute Gasteiger partial charge is 0.348 e. The molecule has 0 bridgehead atoms. The van der Waals surface area contributed by atoms with E-state index in [1.165, 1.54) is 0 Å². The van der Waals surface area contributed by atoms with Gasteiger partial charge in [-0.25, -0.2) is 0 Å². The molecule has 1 saturated carbocycles. The average molecular weight is 388 g/mol. The van der Waals surface area contributed by atoms with Crippen LogP contribution in [0.2, 0.25) is 10.0 Å². The smallest absolute Gasteiger partial charge is 0.268 e. The van der Waals surface area contributed by atoms with Crippen LogP contribution in [-0.2, 0) is 11.8 Å². The molecular formula is C17H17Cl3N2O2. The summed E-state index contributed by atoms with van der Waals surface area (Å²) in [5, 5.41) is 4.60. The molecule has 24 heavy (non-hydrogen) atoms. The number of alkyl halides is 1. The maximum atomic E-state index is 12.7. The van der Waals surface area contributed by atoms with Crippen LogP contribution in [0.3, 0.4) is 0 Å². The van der Waals surface area contributed by atoms with Gasteiger partial charge in [0.25, 0.3) is 5.91 Å². The summed E-state index contributed by atoms with van der Waals surface area (Å²) < 4.78 is 1.78. The molecule has 0 spiro atoms. The van der Waals surface area contributed by atoms with E-state index in [2.05, 4.69) is 5.32 Å². The predicted molar refractivity (Wildman–Crippen MR) is 97.3 cm³/mol. The van der Waals surface area contributed by atoms with Gasteiger partial charge in [0, 0.05) is 24.0 Å². The number of aryl methyl sites for hydroxylation is 1. The van der Waals surface area contributed by atoms with Crippen LogP contribution in [0.5, 0.6) is 0 Å². The molecule has 1 amide bonds. The number of nitrogens with zero attached hydrogens (tertiary/aromatic N) is 1. The lowest BCUT2D eigenvalue weighted by Gasteiger charge is -2.32. The molecule has 2 aromatic rings. The van der Waals surface area contributed by atoms with Gasteiger partial charge in [0.05, 0.1) is 10.0 Å². The first-order valence-electron chi connectivity index (χ1n) is 7.74. The van der Waals surface area contributed by atoms with E-state index in [1.807, 2.05) is 6.07 Å². The number of amides is 1. The molecule has 1 heterocycles. The Bertz CT molecular complexity index is 818. The van der Waals surface area contributed by atoms with Gasteiger partial charge in [-0.15, -0.1) is 11.6 Å². The number of carbonyl (C=O) groups excluding carboxylic acids is 2. The predicted octanol–water partition coefficient (Wildman–Crippen LogP) is 4.33. The quantitative estimate of drug-likeness (QED) is 0.629. The number of hydrogen-bond acceptors (Lipinski definition) is 2. The van der Waals surface area contributed by atoms with Crippen molar-refractivity contribution in [3.05, 3.63) is 33.9 Å². The van der Waals surface area contributed by atoms with Crippen LogP contribution in [-0.4, -0.2) is 27.7 Å². The third kappa shape index (κ3) is 3.15. The minimum Gasteiger partial charge on any atom is -0.348 e. The standard InChI is InChI=1S/C17H17Cl3N2O2/c1-22-13-5-4-12(18)15(19)11(13)7-14(22)16(24)21-10-3-2-6-17(20,8-10)9-23/h4-5,7,9-10H,2-3,6,8H2,1H3,(H,21,24). The molecule has 1 fully saturated rings. The van der Waals surface area contributed by atoms with Crippen molar-refractivity contribution >= 4 is 57.9 Å². The zero-order valence-corrected chi connectivity index (χ0v) is 15.4. The monoisotopic (exact) mass is 386 g/mol. The number of halogens is 3. The summed E-state index contributed by atoms with van der Waals surface area (Å²) in [6, 6.07) is 5.15. The SMILES string of the molecule is Cn1c(C(=O)NC2CCCC(Cl)(C=O)C2)cc2c(Cl)c(Cl)ccc21. The van der Waals surface area contributed by atoms with Crippen LogP contribution in [0.25, 0.3) is 10.9 Å². The molecule has 4 nitrogen and oxygen atoms in total. The first kappa shape index (κ1) is 17.6. The zero-order valence-electron chi connectivity index (χ0n) is 13.1. The van der Waals surface area contributed by atoms with Crippen LogP contribution >= 0.6 is 34.8 Å². The number of fused-ring (bicyclic) bond motifs is 1. The fraction of sp³-hybridized carbons (Fsp3) is 0.412. The molecule has 1 aromatic carbocycles. The Kier molecular flexibility index (Phi) is 4.82. The van der Waals surface area contributed by atoms with Crippen molar-refractivity contribution in [1.29, 1.82) is 0 Å². The highest BCUT2D eigenvalue weighted by Gasteiger charge is 2.35. The molecule has 1 N–H and O–H groups in total. The first-order chi connectivity index (χ1) is 11.3. The highest BCUT2D eigenvalue weighted by atomic mass is 35.5. The van der Waals surface area contributed by atoms with Gasteiger partial charge >= 0.3 is 0 Å². The Morgan fingerprint density at radius 2 is 2.17 bits per heavy atom. The van der Waals surface area contributed by atoms with Gasteiger partial charge in [-0.3, -0.25) is 4.79 Å². The van der Waals surface area contributed by atoms with Gasteiger partial charge in [0.15, 0.2) is 0 Å². The summed E-state index contributed by atoms with van der Waals surface area (Å²) in [7, 11) is 1.81. The number of carbonyl (C=O) groups is 2. The molecule has 2 atom stereocenters. The van der Waals surface area contributed by atoms with Crippen LogP contribution < -0.4 is 5.32 Å². The third-order valence-electron chi connectivity index (χ3n) is 4.62. The molecule has 1 aromatic heterocycles. The summed E-state index contributed by atoms with van der Waals surface area (Å²) in [6.07, 6.45) is 3.49. The summed E-state index contributed by atoms with van der Waals surface area (Å²) in [5.41, 5.74) is 1.32. The zero-order chi connectivity index (χ0) is 17.5. The highest BCUT2D eigenvalue weighted by Crippen LogP contribution is 2.34. The van der Waals surface area contributed by atoms with E-state index in [-0.39, 0.29) is 11.9 Å². The summed E-state index contributed by atoms with van der Waals surface area (Å²) in [6.45, 7) is 0. The van der Waals surface area contributed by atoms with Crippen molar-refractivity contribution in [2.24, 2.45) is 7.05 Å². The van der Waals surface area contributed by atoms with Crippen molar-refractivity contribution in [1.82, 2.24) is 9.88 Å². The van der Waals surface area contributed by atoms with Gasteiger partial charge in [0.1, 0.15) is 16.9 Å². The third-order valence-corrected chi connectivity index (χ3v) is 5.87. The fourth-order valence-corrected chi connectivity index (χ4v) is 4.01. The Morgan fingerprint density at radius 3 is 2.88 bits per heavy atom. The average Bonchev–Trinajstić information content (AvgIpc) is 2.89. The number of hydrogen-bond donors (Lipinski definition) is 1. The second-order valence-corrected chi connectivity index (χ2v) is 7.84. The number of benzene rings is 1. The van der Waals surface area contributed by atoms with E-state index in [1.54, 1.807) is 23.7 Å². The number of aromatic nitrogens is 1. The van der Waals surface area contributed by atoms with Crippen molar-refractivity contribution in [2.75, 3.05) is 0 Å². The van der Waals surface area contributed by atoms with Crippen molar-refractivity contribution < 1.29 is 9.59 Å².